The fourth-order valence-electron chi connectivity index (χ4n) is 2.78. The molecule has 0 aromatic carbocycles. The molecule has 1 aliphatic rings. The summed E-state index contributed by atoms with van der Waals surface area (Å²) in [4.78, 5) is 14.5. The van der Waals surface area contributed by atoms with Crippen LogP contribution in [0.5, 0.6) is 0 Å². The number of carbonyl (C=O) groups is 1. The van der Waals surface area contributed by atoms with E-state index < -0.39 is 0 Å². The summed E-state index contributed by atoms with van der Waals surface area (Å²) in [5.74, 6) is 1.15. The molecule has 21 heavy (non-hydrogen) atoms. The largest absolute Gasteiger partial charge is 0.468 e. The van der Waals surface area contributed by atoms with Crippen molar-refractivity contribution in [2.45, 2.75) is 32.7 Å². The van der Waals surface area contributed by atoms with Crippen LogP contribution in [0.4, 0.5) is 0 Å². The number of ether oxygens (including phenoxy) is 1. The van der Waals surface area contributed by atoms with Crippen LogP contribution >= 0.6 is 0 Å². The molecular weight excluding hydrogens is 268 g/mol. The third-order valence-corrected chi connectivity index (χ3v) is 4.18. The second-order valence-electron chi connectivity index (χ2n) is 5.44. The molecule has 1 atom stereocenters. The third-order valence-electron chi connectivity index (χ3n) is 4.18. The van der Waals surface area contributed by atoms with E-state index >= 15 is 0 Å². The quantitative estimate of drug-likeness (QED) is 0.837. The van der Waals surface area contributed by atoms with E-state index in [0.29, 0.717) is 6.54 Å². The van der Waals surface area contributed by atoms with Gasteiger partial charge >= 0.3 is 0 Å². The second-order valence-corrected chi connectivity index (χ2v) is 5.44. The molecule has 1 saturated heterocycles. The molecule has 5 nitrogen and oxygen atoms in total. The molecule has 1 aliphatic heterocycles. The zero-order valence-electron chi connectivity index (χ0n) is 13.0. The smallest absolute Gasteiger partial charge is 0.223 e. The Morgan fingerprint density at radius 2 is 2.05 bits per heavy atom. The molecule has 0 bridgehead atoms. The summed E-state index contributed by atoms with van der Waals surface area (Å²) in [6, 6.07) is 3.96. The Bertz CT molecular complexity index is 409. The Hall–Kier alpha value is -1.33. The van der Waals surface area contributed by atoms with Gasteiger partial charge in [-0.1, -0.05) is 13.8 Å². The van der Waals surface area contributed by atoms with Gasteiger partial charge in [0, 0.05) is 25.6 Å². The molecular formula is C16H26N2O3. The van der Waals surface area contributed by atoms with Crippen LogP contribution in [0.3, 0.4) is 0 Å². The summed E-state index contributed by atoms with van der Waals surface area (Å²) in [7, 11) is 0. The van der Waals surface area contributed by atoms with E-state index in [1.54, 1.807) is 6.26 Å². The minimum Gasteiger partial charge on any atom is -0.468 e. The van der Waals surface area contributed by atoms with Crippen LogP contribution in [0, 0.1) is 5.92 Å². The highest BCUT2D eigenvalue weighted by Gasteiger charge is 2.26. The van der Waals surface area contributed by atoms with Gasteiger partial charge in [0.15, 0.2) is 0 Å². The average Bonchev–Trinajstić information content (AvgIpc) is 3.04. The van der Waals surface area contributed by atoms with Crippen molar-refractivity contribution in [3.63, 3.8) is 0 Å². The standard InChI is InChI=1S/C16H26N2O3/c1-3-13(4-2)16(19)17-12-14(15-6-5-9-21-15)18-7-10-20-11-8-18/h5-6,9,13-14H,3-4,7-8,10-12H2,1-2H3,(H,17,19). The van der Waals surface area contributed by atoms with E-state index in [1.165, 1.54) is 0 Å². The number of morpholine rings is 1. The lowest BCUT2D eigenvalue weighted by Crippen LogP contribution is -2.44. The van der Waals surface area contributed by atoms with Crippen molar-refractivity contribution < 1.29 is 13.9 Å². The van der Waals surface area contributed by atoms with Crippen LogP contribution in [0.15, 0.2) is 22.8 Å². The molecule has 1 aromatic heterocycles. The van der Waals surface area contributed by atoms with E-state index in [4.69, 9.17) is 9.15 Å². The van der Waals surface area contributed by atoms with Crippen molar-refractivity contribution in [2.24, 2.45) is 5.92 Å². The van der Waals surface area contributed by atoms with Crippen molar-refractivity contribution in [3.8, 4) is 0 Å². The molecule has 0 aliphatic carbocycles. The van der Waals surface area contributed by atoms with E-state index in [1.807, 2.05) is 12.1 Å². The molecule has 1 N–H and O–H groups in total. The molecule has 0 saturated carbocycles. The summed E-state index contributed by atoms with van der Waals surface area (Å²) < 4.78 is 11.0. The first-order chi connectivity index (χ1) is 10.3. The van der Waals surface area contributed by atoms with Gasteiger partial charge in [-0.3, -0.25) is 9.69 Å². The highest BCUT2D eigenvalue weighted by Crippen LogP contribution is 2.22. The number of furan rings is 1. The first kappa shape index (κ1) is 16.0. The van der Waals surface area contributed by atoms with Gasteiger partial charge in [0.1, 0.15) is 5.76 Å². The highest BCUT2D eigenvalue weighted by molar-refractivity contribution is 5.78. The number of nitrogens with one attached hydrogen (secondary N) is 1. The minimum atomic E-state index is 0.0854. The summed E-state index contributed by atoms with van der Waals surface area (Å²) in [5.41, 5.74) is 0. The molecule has 0 spiro atoms. The van der Waals surface area contributed by atoms with E-state index in [9.17, 15) is 4.79 Å². The topological polar surface area (TPSA) is 54.7 Å². The van der Waals surface area contributed by atoms with Crippen LogP contribution in [-0.2, 0) is 9.53 Å². The molecule has 5 heteroatoms. The minimum absolute atomic E-state index is 0.0854. The SMILES string of the molecule is CCC(CC)C(=O)NCC(c1ccco1)N1CCOCC1. The first-order valence-corrected chi connectivity index (χ1v) is 7.89. The van der Waals surface area contributed by atoms with Crippen molar-refractivity contribution >= 4 is 5.91 Å². The van der Waals surface area contributed by atoms with Crippen molar-refractivity contribution in [1.29, 1.82) is 0 Å². The maximum absolute atomic E-state index is 12.2. The molecule has 118 valence electrons. The zero-order valence-corrected chi connectivity index (χ0v) is 13.0. The van der Waals surface area contributed by atoms with Crippen LogP contribution < -0.4 is 5.32 Å². The van der Waals surface area contributed by atoms with Crippen LogP contribution in [0.2, 0.25) is 0 Å². The highest BCUT2D eigenvalue weighted by atomic mass is 16.5. The summed E-state index contributed by atoms with van der Waals surface area (Å²) in [6.07, 6.45) is 3.45. The number of hydrogen-bond donors (Lipinski definition) is 1. The average molecular weight is 294 g/mol. The van der Waals surface area contributed by atoms with Crippen LogP contribution in [0.25, 0.3) is 0 Å². The van der Waals surface area contributed by atoms with Gasteiger partial charge in [-0.2, -0.15) is 0 Å². The number of nitrogens with zero attached hydrogens (tertiary/aromatic N) is 1. The lowest BCUT2D eigenvalue weighted by molar-refractivity contribution is -0.125. The van der Waals surface area contributed by atoms with E-state index in [2.05, 4.69) is 24.1 Å². The van der Waals surface area contributed by atoms with Gasteiger partial charge < -0.3 is 14.5 Å². The molecule has 2 rings (SSSR count). The number of amides is 1. The van der Waals surface area contributed by atoms with Gasteiger partial charge in [0.25, 0.3) is 0 Å². The Balaban J connectivity index is 1.98. The maximum atomic E-state index is 12.2. The molecule has 0 radical (unpaired) electrons. The van der Waals surface area contributed by atoms with Crippen molar-refractivity contribution in [2.75, 3.05) is 32.8 Å². The fraction of sp³-hybridized carbons (Fsp3) is 0.688. The lowest BCUT2D eigenvalue weighted by atomic mass is 10.0. The van der Waals surface area contributed by atoms with Gasteiger partial charge in [-0.15, -0.1) is 0 Å². The summed E-state index contributed by atoms with van der Waals surface area (Å²) >= 11 is 0. The predicted molar refractivity (Wildman–Crippen MR) is 80.9 cm³/mol. The number of rotatable bonds is 7. The summed E-state index contributed by atoms with van der Waals surface area (Å²) in [5, 5.41) is 3.09. The van der Waals surface area contributed by atoms with E-state index in [-0.39, 0.29) is 17.9 Å². The third kappa shape index (κ3) is 4.32. The van der Waals surface area contributed by atoms with Crippen molar-refractivity contribution in [1.82, 2.24) is 10.2 Å². The molecule has 1 unspecified atom stereocenters. The Morgan fingerprint density at radius 3 is 2.62 bits per heavy atom. The Labute approximate surface area is 126 Å². The molecule has 2 heterocycles. The maximum Gasteiger partial charge on any atom is 0.223 e. The molecule has 1 aromatic rings. The number of hydrogen-bond acceptors (Lipinski definition) is 4. The lowest BCUT2D eigenvalue weighted by Gasteiger charge is -2.33. The number of carbonyl (C=O) groups excluding carboxylic acids is 1. The predicted octanol–water partition coefficient (Wildman–Crippen LogP) is 2.21. The molecule has 1 fully saturated rings. The van der Waals surface area contributed by atoms with Crippen LogP contribution in [-0.4, -0.2) is 43.7 Å². The second kappa shape index (κ2) is 8.20. The first-order valence-electron chi connectivity index (χ1n) is 7.89. The van der Waals surface area contributed by atoms with Gasteiger partial charge in [0.2, 0.25) is 5.91 Å². The van der Waals surface area contributed by atoms with Gasteiger partial charge in [0.05, 0.1) is 25.5 Å². The van der Waals surface area contributed by atoms with E-state index in [0.717, 1.165) is 44.9 Å². The van der Waals surface area contributed by atoms with Gasteiger partial charge in [-0.25, -0.2) is 0 Å². The Kier molecular flexibility index (Phi) is 6.26. The molecule has 1 amide bonds. The van der Waals surface area contributed by atoms with Crippen molar-refractivity contribution in [3.05, 3.63) is 24.2 Å². The van der Waals surface area contributed by atoms with Crippen LogP contribution in [0.1, 0.15) is 38.5 Å². The fourth-order valence-corrected chi connectivity index (χ4v) is 2.78. The normalized spacial score (nSPS) is 17.9. The summed E-state index contributed by atoms with van der Waals surface area (Å²) in [6.45, 7) is 7.90. The Morgan fingerprint density at radius 1 is 1.33 bits per heavy atom. The monoisotopic (exact) mass is 294 g/mol. The van der Waals surface area contributed by atoms with Gasteiger partial charge in [-0.05, 0) is 25.0 Å². The zero-order chi connectivity index (χ0) is 15.1.